The molecule has 1 aromatic carbocycles. The number of H-pyrrole nitrogens is 1. The highest BCUT2D eigenvalue weighted by molar-refractivity contribution is 9.10. The molecule has 0 radical (unpaired) electrons. The minimum Gasteiger partial charge on any atom is -0.360 e. The summed E-state index contributed by atoms with van der Waals surface area (Å²) in [6.07, 6.45) is 5.06. The summed E-state index contributed by atoms with van der Waals surface area (Å²) in [5.74, 6) is -0.0811. The first-order valence-electron chi connectivity index (χ1n) is 5.57. The molecule has 1 N–H and O–H groups in total. The van der Waals surface area contributed by atoms with Gasteiger partial charge in [0.2, 0.25) is 0 Å². The summed E-state index contributed by atoms with van der Waals surface area (Å²) in [7, 11) is 0. The fourth-order valence-electron chi connectivity index (χ4n) is 1.99. The van der Waals surface area contributed by atoms with Crippen molar-refractivity contribution in [2.45, 2.75) is 0 Å². The Morgan fingerprint density at radius 1 is 1.32 bits per heavy atom. The number of hydrogen-bond acceptors (Lipinski definition) is 2. The van der Waals surface area contributed by atoms with Crippen molar-refractivity contribution in [3.63, 3.8) is 0 Å². The average molecular weight is 336 g/mol. The second kappa shape index (κ2) is 4.79. The molecule has 3 aromatic rings. The second-order valence-electron chi connectivity index (χ2n) is 4.11. The Balaban J connectivity index is 2.13. The summed E-state index contributed by atoms with van der Waals surface area (Å²) in [6.45, 7) is 0. The van der Waals surface area contributed by atoms with Gasteiger partial charge in [0.1, 0.15) is 0 Å². The molecule has 2 aromatic heterocycles. The topological polar surface area (TPSA) is 45.8 Å². The molecule has 94 valence electrons. The number of fused-ring (bicyclic) bond motifs is 1. The van der Waals surface area contributed by atoms with Gasteiger partial charge in [-0.2, -0.15) is 0 Å². The van der Waals surface area contributed by atoms with Gasteiger partial charge >= 0.3 is 0 Å². The molecule has 19 heavy (non-hydrogen) atoms. The summed E-state index contributed by atoms with van der Waals surface area (Å²) in [4.78, 5) is 19.6. The van der Waals surface area contributed by atoms with E-state index < -0.39 is 0 Å². The van der Waals surface area contributed by atoms with Crippen LogP contribution in [0.1, 0.15) is 15.9 Å². The first-order valence-corrected chi connectivity index (χ1v) is 6.74. The Bertz CT molecular complexity index is 762. The van der Waals surface area contributed by atoms with E-state index in [2.05, 4.69) is 25.9 Å². The van der Waals surface area contributed by atoms with Gasteiger partial charge in [0.25, 0.3) is 0 Å². The minimum atomic E-state index is -0.0811. The summed E-state index contributed by atoms with van der Waals surface area (Å²) in [5.41, 5.74) is 2.03. The van der Waals surface area contributed by atoms with Gasteiger partial charge < -0.3 is 4.98 Å². The largest absolute Gasteiger partial charge is 0.360 e. The molecule has 2 heterocycles. The first kappa shape index (κ1) is 12.4. The monoisotopic (exact) mass is 334 g/mol. The molecule has 0 saturated heterocycles. The Hall–Kier alpha value is -1.65. The Kier molecular flexibility index (Phi) is 3.12. The number of halogens is 2. The third kappa shape index (κ3) is 2.29. The SMILES string of the molecule is O=C(c1cc(Cl)cc(Br)c1)c1c[nH]c2ccncc12. The standard InChI is InChI=1S/C14H8BrClN2O/c15-9-3-8(4-10(16)5-9)14(19)12-7-18-13-1-2-17-6-11(12)13/h1-7,18H. The number of ketones is 1. The van der Waals surface area contributed by atoms with Crippen LogP contribution in [0.5, 0.6) is 0 Å². The van der Waals surface area contributed by atoms with Crippen LogP contribution in [0.3, 0.4) is 0 Å². The molecule has 0 bridgehead atoms. The highest BCUT2D eigenvalue weighted by Gasteiger charge is 2.15. The number of nitrogens with zero attached hydrogens (tertiary/aromatic N) is 1. The molecule has 3 nitrogen and oxygen atoms in total. The van der Waals surface area contributed by atoms with E-state index in [-0.39, 0.29) is 5.78 Å². The molecule has 0 saturated carbocycles. The van der Waals surface area contributed by atoms with Crippen molar-refractivity contribution >= 4 is 44.2 Å². The van der Waals surface area contributed by atoms with Gasteiger partial charge in [-0.1, -0.05) is 27.5 Å². The van der Waals surface area contributed by atoms with E-state index in [4.69, 9.17) is 11.6 Å². The summed E-state index contributed by atoms with van der Waals surface area (Å²) in [6, 6.07) is 6.99. The van der Waals surface area contributed by atoms with Crippen molar-refractivity contribution in [3.05, 3.63) is 63.5 Å². The minimum absolute atomic E-state index is 0.0811. The Morgan fingerprint density at radius 2 is 2.16 bits per heavy atom. The zero-order valence-electron chi connectivity index (χ0n) is 9.65. The summed E-state index contributed by atoms with van der Waals surface area (Å²) < 4.78 is 0.779. The lowest BCUT2D eigenvalue weighted by Gasteiger charge is -2.02. The summed E-state index contributed by atoms with van der Waals surface area (Å²) >= 11 is 9.31. The van der Waals surface area contributed by atoms with Crippen LogP contribution in [0, 0.1) is 0 Å². The molecule has 3 rings (SSSR count). The van der Waals surface area contributed by atoms with Crippen molar-refractivity contribution in [2.75, 3.05) is 0 Å². The smallest absolute Gasteiger partial charge is 0.195 e. The first-order chi connectivity index (χ1) is 9.15. The summed E-state index contributed by atoms with van der Waals surface area (Å²) in [5, 5.41) is 1.33. The molecule has 5 heteroatoms. The molecular weight excluding hydrogens is 328 g/mol. The number of rotatable bonds is 2. The van der Waals surface area contributed by atoms with Crippen molar-refractivity contribution in [2.24, 2.45) is 0 Å². The van der Waals surface area contributed by atoms with E-state index in [0.717, 1.165) is 15.4 Å². The Labute approximate surface area is 122 Å². The van der Waals surface area contributed by atoms with Crippen LogP contribution in [-0.2, 0) is 0 Å². The lowest BCUT2D eigenvalue weighted by atomic mass is 10.0. The number of hydrogen-bond donors (Lipinski definition) is 1. The Morgan fingerprint density at radius 3 is 2.95 bits per heavy atom. The van der Waals surface area contributed by atoms with Gasteiger partial charge in [-0.05, 0) is 24.3 Å². The molecule has 0 unspecified atom stereocenters. The fourth-order valence-corrected chi connectivity index (χ4v) is 2.85. The van der Waals surface area contributed by atoms with Gasteiger partial charge in [-0.3, -0.25) is 9.78 Å². The van der Waals surface area contributed by atoms with Gasteiger partial charge in [0.15, 0.2) is 5.78 Å². The van der Waals surface area contributed by atoms with Crippen LogP contribution >= 0.6 is 27.5 Å². The lowest BCUT2D eigenvalue weighted by Crippen LogP contribution is -2.00. The lowest BCUT2D eigenvalue weighted by molar-refractivity contribution is 0.104. The predicted molar refractivity (Wildman–Crippen MR) is 78.7 cm³/mol. The zero-order chi connectivity index (χ0) is 13.4. The van der Waals surface area contributed by atoms with Crippen LogP contribution in [0.2, 0.25) is 5.02 Å². The van der Waals surface area contributed by atoms with Gasteiger partial charge in [-0.15, -0.1) is 0 Å². The number of carbonyl (C=O) groups is 1. The zero-order valence-corrected chi connectivity index (χ0v) is 12.0. The van der Waals surface area contributed by atoms with Crippen LogP contribution in [0.4, 0.5) is 0 Å². The maximum atomic E-state index is 12.5. The number of benzene rings is 1. The molecular formula is C14H8BrClN2O. The van der Waals surface area contributed by atoms with Crippen molar-refractivity contribution in [3.8, 4) is 0 Å². The molecule has 0 spiro atoms. The van der Waals surface area contributed by atoms with E-state index in [1.165, 1.54) is 0 Å². The number of aromatic nitrogens is 2. The van der Waals surface area contributed by atoms with Crippen molar-refractivity contribution < 1.29 is 4.79 Å². The average Bonchev–Trinajstić information content (AvgIpc) is 2.80. The van der Waals surface area contributed by atoms with Crippen molar-refractivity contribution in [1.82, 2.24) is 9.97 Å². The highest BCUT2D eigenvalue weighted by atomic mass is 79.9. The molecule has 0 amide bonds. The predicted octanol–water partition coefficient (Wildman–Crippen LogP) is 4.21. The quantitative estimate of drug-likeness (QED) is 0.713. The fraction of sp³-hybridized carbons (Fsp3) is 0. The number of carbonyl (C=O) groups excluding carboxylic acids is 1. The molecule has 0 aliphatic heterocycles. The molecule has 0 atom stereocenters. The van der Waals surface area contributed by atoms with Gasteiger partial charge in [-0.25, -0.2) is 0 Å². The van der Waals surface area contributed by atoms with E-state index in [1.807, 2.05) is 6.07 Å². The number of pyridine rings is 1. The number of aromatic amines is 1. The maximum Gasteiger partial charge on any atom is 0.195 e. The maximum absolute atomic E-state index is 12.5. The second-order valence-corrected chi connectivity index (χ2v) is 5.46. The van der Waals surface area contributed by atoms with Gasteiger partial charge in [0.05, 0.1) is 0 Å². The van der Waals surface area contributed by atoms with Crippen LogP contribution in [0.25, 0.3) is 10.9 Å². The highest BCUT2D eigenvalue weighted by Crippen LogP contribution is 2.24. The van der Waals surface area contributed by atoms with Crippen LogP contribution in [0.15, 0.2) is 47.3 Å². The third-order valence-corrected chi connectivity index (χ3v) is 3.53. The molecule has 0 fully saturated rings. The van der Waals surface area contributed by atoms with Crippen LogP contribution in [-0.4, -0.2) is 15.8 Å². The van der Waals surface area contributed by atoms with Gasteiger partial charge in [0, 0.05) is 50.1 Å². The van der Waals surface area contributed by atoms with Crippen LogP contribution < -0.4 is 0 Å². The third-order valence-electron chi connectivity index (χ3n) is 2.85. The molecule has 0 aliphatic carbocycles. The van der Waals surface area contributed by atoms with E-state index in [0.29, 0.717) is 16.1 Å². The normalized spacial score (nSPS) is 10.8. The van der Waals surface area contributed by atoms with E-state index in [1.54, 1.807) is 36.8 Å². The number of nitrogens with one attached hydrogen (secondary N) is 1. The van der Waals surface area contributed by atoms with E-state index in [9.17, 15) is 4.79 Å². The van der Waals surface area contributed by atoms with E-state index >= 15 is 0 Å². The molecule has 0 aliphatic rings. The van der Waals surface area contributed by atoms with Crippen molar-refractivity contribution in [1.29, 1.82) is 0 Å².